The van der Waals surface area contributed by atoms with Crippen LogP contribution in [0.3, 0.4) is 0 Å². The highest BCUT2D eigenvalue weighted by Crippen LogP contribution is 2.26. The molecule has 0 saturated heterocycles. The predicted octanol–water partition coefficient (Wildman–Crippen LogP) is 3.82. The molecule has 1 aromatic heterocycles. The van der Waals surface area contributed by atoms with Crippen LogP contribution < -0.4 is 0 Å². The summed E-state index contributed by atoms with van der Waals surface area (Å²) in [5.74, 6) is -1.32. The van der Waals surface area contributed by atoms with Gasteiger partial charge in [-0.25, -0.2) is 9.78 Å². The van der Waals surface area contributed by atoms with Crippen molar-refractivity contribution in [1.29, 1.82) is 0 Å². The fourth-order valence-corrected chi connectivity index (χ4v) is 4.03. The van der Waals surface area contributed by atoms with Crippen LogP contribution in [0.25, 0.3) is 0 Å². The number of amides is 1. The molecule has 1 amide bonds. The molecule has 1 N–H and O–H groups in total. The van der Waals surface area contributed by atoms with Crippen LogP contribution in [0.15, 0.2) is 54.9 Å². The highest BCUT2D eigenvalue weighted by molar-refractivity contribution is 6.42. The molecular weight excluding hydrogens is 425 g/mol. The first-order chi connectivity index (χ1) is 14.4. The number of rotatable bonds is 5. The van der Waals surface area contributed by atoms with E-state index < -0.39 is 12.0 Å². The Balaban J connectivity index is 1.56. The Labute approximate surface area is 183 Å². The number of carboxylic acid groups (broad SMARTS) is 1. The monoisotopic (exact) mass is 443 g/mol. The third-order valence-electron chi connectivity index (χ3n) is 5.26. The number of carboxylic acids is 1. The van der Waals surface area contributed by atoms with E-state index in [9.17, 15) is 14.7 Å². The van der Waals surface area contributed by atoms with Crippen molar-refractivity contribution < 1.29 is 14.7 Å². The first-order valence-electron chi connectivity index (χ1n) is 9.45. The molecule has 154 valence electrons. The summed E-state index contributed by atoms with van der Waals surface area (Å²) < 4.78 is 1.96. The van der Waals surface area contributed by atoms with Crippen LogP contribution >= 0.6 is 23.2 Å². The van der Waals surface area contributed by atoms with Crippen LogP contribution in [0.2, 0.25) is 10.0 Å². The van der Waals surface area contributed by atoms with Gasteiger partial charge in [0.05, 0.1) is 35.0 Å². The molecular formula is C22H19Cl2N3O3. The van der Waals surface area contributed by atoms with Crippen LogP contribution in [-0.2, 0) is 35.5 Å². The zero-order valence-electron chi connectivity index (χ0n) is 16.0. The predicted molar refractivity (Wildman–Crippen MR) is 114 cm³/mol. The molecule has 4 rings (SSSR count). The Hall–Kier alpha value is -2.83. The second-order valence-electron chi connectivity index (χ2n) is 7.26. The molecule has 0 radical (unpaired) electrons. The third kappa shape index (κ3) is 4.20. The van der Waals surface area contributed by atoms with Gasteiger partial charge < -0.3 is 14.6 Å². The maximum absolute atomic E-state index is 12.9. The minimum atomic E-state index is -1.03. The summed E-state index contributed by atoms with van der Waals surface area (Å²) in [5.41, 5.74) is 3.36. The van der Waals surface area contributed by atoms with E-state index in [0.29, 0.717) is 22.2 Å². The summed E-state index contributed by atoms with van der Waals surface area (Å²) in [7, 11) is 0. The molecule has 1 atom stereocenters. The largest absolute Gasteiger partial charge is 0.480 e. The quantitative estimate of drug-likeness (QED) is 0.650. The lowest BCUT2D eigenvalue weighted by atomic mass is 10.0. The highest BCUT2D eigenvalue weighted by atomic mass is 35.5. The van der Waals surface area contributed by atoms with E-state index in [0.717, 1.165) is 17.0 Å². The summed E-state index contributed by atoms with van der Waals surface area (Å²) in [6.07, 6.45) is 1.97. The second-order valence-corrected chi connectivity index (χ2v) is 8.07. The minimum Gasteiger partial charge on any atom is -0.480 e. The van der Waals surface area contributed by atoms with Gasteiger partial charge in [-0.1, -0.05) is 59.6 Å². The van der Waals surface area contributed by atoms with Crippen LogP contribution in [0, 0.1) is 0 Å². The first kappa shape index (κ1) is 20.4. The normalized spacial score (nSPS) is 15.7. The van der Waals surface area contributed by atoms with E-state index >= 15 is 0 Å². The lowest BCUT2D eigenvalue weighted by Crippen LogP contribution is -2.49. The molecule has 0 spiro atoms. The van der Waals surface area contributed by atoms with Crippen molar-refractivity contribution in [2.75, 3.05) is 0 Å². The molecule has 30 heavy (non-hydrogen) atoms. The van der Waals surface area contributed by atoms with Gasteiger partial charge in [-0.15, -0.1) is 0 Å². The molecule has 1 aliphatic rings. The van der Waals surface area contributed by atoms with Gasteiger partial charge in [-0.2, -0.15) is 0 Å². The molecule has 2 aromatic carbocycles. The number of carbonyl (C=O) groups is 2. The number of benzene rings is 2. The summed E-state index contributed by atoms with van der Waals surface area (Å²) in [6, 6.07) is 13.9. The molecule has 0 bridgehead atoms. The van der Waals surface area contributed by atoms with Crippen molar-refractivity contribution in [2.24, 2.45) is 0 Å². The molecule has 1 aliphatic heterocycles. The second kappa shape index (κ2) is 8.50. The number of halogens is 2. The van der Waals surface area contributed by atoms with E-state index in [-0.39, 0.29) is 25.3 Å². The molecule has 8 heteroatoms. The van der Waals surface area contributed by atoms with Gasteiger partial charge in [-0.05, 0) is 23.3 Å². The molecule has 0 saturated carbocycles. The van der Waals surface area contributed by atoms with Crippen molar-refractivity contribution in [3.05, 3.63) is 87.4 Å². The number of imidazole rings is 1. The number of fused-ring (bicyclic) bond motifs is 1. The van der Waals surface area contributed by atoms with E-state index in [4.69, 9.17) is 23.2 Å². The zero-order valence-corrected chi connectivity index (χ0v) is 17.5. The minimum absolute atomic E-state index is 0.0424. The van der Waals surface area contributed by atoms with Gasteiger partial charge in [0.15, 0.2) is 0 Å². The zero-order chi connectivity index (χ0) is 21.3. The maximum atomic E-state index is 12.9. The van der Waals surface area contributed by atoms with Gasteiger partial charge in [0.25, 0.3) is 0 Å². The van der Waals surface area contributed by atoms with Crippen molar-refractivity contribution in [3.8, 4) is 0 Å². The van der Waals surface area contributed by atoms with Gasteiger partial charge >= 0.3 is 5.97 Å². The Kier molecular flexibility index (Phi) is 5.79. The van der Waals surface area contributed by atoms with Gasteiger partial charge in [0, 0.05) is 18.7 Å². The molecule has 2 heterocycles. The Morgan fingerprint density at radius 1 is 1.07 bits per heavy atom. The average molecular weight is 444 g/mol. The lowest BCUT2D eigenvalue weighted by Gasteiger charge is -2.33. The molecule has 6 nitrogen and oxygen atoms in total. The standard InChI is InChI=1S/C22H19Cl2N3O3/c23-16-7-6-15(8-17(16)24)9-21(28)27-12-18-19(10-20(27)22(29)30)26(13-25-18)11-14-4-2-1-3-5-14/h1-8,13,20H,9-12H2,(H,29,30). The summed E-state index contributed by atoms with van der Waals surface area (Å²) in [6.45, 7) is 0.765. The van der Waals surface area contributed by atoms with Crippen molar-refractivity contribution >= 4 is 35.1 Å². The smallest absolute Gasteiger partial charge is 0.326 e. The molecule has 0 aliphatic carbocycles. The van der Waals surface area contributed by atoms with E-state index in [1.807, 2.05) is 34.9 Å². The topological polar surface area (TPSA) is 75.4 Å². The Morgan fingerprint density at radius 3 is 2.53 bits per heavy atom. The van der Waals surface area contributed by atoms with Crippen LogP contribution in [0.4, 0.5) is 0 Å². The van der Waals surface area contributed by atoms with E-state index in [1.54, 1.807) is 24.5 Å². The number of aliphatic carboxylic acids is 1. The number of carbonyl (C=O) groups excluding carboxylic acids is 1. The first-order valence-corrected chi connectivity index (χ1v) is 10.2. The Bertz CT molecular complexity index is 1100. The number of hydrogen-bond donors (Lipinski definition) is 1. The number of nitrogens with zero attached hydrogens (tertiary/aromatic N) is 3. The van der Waals surface area contributed by atoms with Gasteiger partial charge in [0.2, 0.25) is 5.91 Å². The van der Waals surface area contributed by atoms with E-state index in [2.05, 4.69) is 4.98 Å². The third-order valence-corrected chi connectivity index (χ3v) is 6.00. The highest BCUT2D eigenvalue weighted by Gasteiger charge is 2.36. The Morgan fingerprint density at radius 2 is 1.83 bits per heavy atom. The molecule has 0 fully saturated rings. The fourth-order valence-electron chi connectivity index (χ4n) is 3.71. The van der Waals surface area contributed by atoms with Crippen LogP contribution in [0.1, 0.15) is 22.5 Å². The number of hydrogen-bond acceptors (Lipinski definition) is 3. The van der Waals surface area contributed by atoms with Crippen molar-refractivity contribution in [3.63, 3.8) is 0 Å². The van der Waals surface area contributed by atoms with Gasteiger partial charge in [0.1, 0.15) is 6.04 Å². The molecule has 3 aromatic rings. The van der Waals surface area contributed by atoms with Crippen molar-refractivity contribution in [2.45, 2.75) is 32.0 Å². The summed E-state index contributed by atoms with van der Waals surface area (Å²) >= 11 is 12.0. The van der Waals surface area contributed by atoms with Gasteiger partial charge in [-0.3, -0.25) is 4.79 Å². The summed E-state index contributed by atoms with van der Waals surface area (Å²) in [5, 5.41) is 10.5. The average Bonchev–Trinajstić information content (AvgIpc) is 3.12. The SMILES string of the molecule is O=C(O)C1Cc2c(ncn2Cc2ccccc2)CN1C(=O)Cc1ccc(Cl)c(Cl)c1. The lowest BCUT2D eigenvalue weighted by molar-refractivity contribution is -0.151. The summed E-state index contributed by atoms with van der Waals surface area (Å²) in [4.78, 5) is 30.7. The van der Waals surface area contributed by atoms with E-state index in [1.165, 1.54) is 4.90 Å². The van der Waals surface area contributed by atoms with Crippen LogP contribution in [-0.4, -0.2) is 37.5 Å². The fraction of sp³-hybridized carbons (Fsp3) is 0.227. The van der Waals surface area contributed by atoms with Crippen molar-refractivity contribution in [1.82, 2.24) is 14.5 Å². The number of aromatic nitrogens is 2. The molecule has 1 unspecified atom stereocenters. The maximum Gasteiger partial charge on any atom is 0.326 e. The van der Waals surface area contributed by atoms with Crippen LogP contribution in [0.5, 0.6) is 0 Å².